The third-order valence-corrected chi connectivity index (χ3v) is 1.80. The summed E-state index contributed by atoms with van der Waals surface area (Å²) in [4.78, 5) is 14.7. The fourth-order valence-electron chi connectivity index (χ4n) is 1.27. The molecule has 0 saturated heterocycles. The molecule has 2 aromatic rings. The largest absolute Gasteiger partial charge is 0.492 e. The first-order valence-corrected chi connectivity index (χ1v) is 3.73. The molecule has 1 heterocycles. The van der Waals surface area contributed by atoms with E-state index in [1.165, 1.54) is 6.07 Å². The van der Waals surface area contributed by atoms with Crippen LogP contribution in [0.1, 0.15) is 0 Å². The summed E-state index contributed by atoms with van der Waals surface area (Å²) in [5, 5.41) is 10.2. The van der Waals surface area contributed by atoms with E-state index < -0.39 is 0 Å². The summed E-state index contributed by atoms with van der Waals surface area (Å²) in [6.07, 6.45) is 0. The second-order valence-electron chi connectivity index (χ2n) is 2.56. The SMILES string of the molecule is O=COn1c(O)cc2ccccc21. The lowest BCUT2D eigenvalue weighted by atomic mass is 10.3. The molecule has 0 atom stereocenters. The average Bonchev–Trinajstić information content (AvgIpc) is 2.44. The molecule has 0 spiro atoms. The Bertz CT molecular complexity index is 447. The van der Waals surface area contributed by atoms with Crippen molar-refractivity contribution in [2.45, 2.75) is 0 Å². The van der Waals surface area contributed by atoms with Crippen molar-refractivity contribution in [3.05, 3.63) is 30.3 Å². The molecule has 1 N–H and O–H groups in total. The number of hydrogen-bond acceptors (Lipinski definition) is 3. The Kier molecular flexibility index (Phi) is 1.66. The molecule has 0 amide bonds. The van der Waals surface area contributed by atoms with Crippen LogP contribution in [0.3, 0.4) is 0 Å². The predicted octanol–water partition coefficient (Wildman–Crippen LogP) is 0.932. The molecule has 0 saturated carbocycles. The van der Waals surface area contributed by atoms with Crippen LogP contribution in [0.2, 0.25) is 0 Å². The molecule has 0 radical (unpaired) electrons. The number of fused-ring (bicyclic) bond motifs is 1. The van der Waals surface area contributed by atoms with Crippen molar-refractivity contribution < 1.29 is 14.7 Å². The summed E-state index contributed by atoms with van der Waals surface area (Å²) in [6.45, 7) is 0.270. The third-order valence-electron chi connectivity index (χ3n) is 1.80. The van der Waals surface area contributed by atoms with Gasteiger partial charge in [0.2, 0.25) is 5.88 Å². The Hall–Kier alpha value is -1.97. The smallest absolute Gasteiger partial charge is 0.321 e. The van der Waals surface area contributed by atoms with Gasteiger partial charge in [0.05, 0.1) is 5.52 Å². The van der Waals surface area contributed by atoms with Gasteiger partial charge in [-0.2, -0.15) is 0 Å². The molecule has 0 aliphatic rings. The number of para-hydroxylation sites is 1. The van der Waals surface area contributed by atoms with E-state index in [-0.39, 0.29) is 12.4 Å². The predicted molar refractivity (Wildman–Crippen MR) is 46.2 cm³/mol. The summed E-state index contributed by atoms with van der Waals surface area (Å²) < 4.78 is 1.07. The van der Waals surface area contributed by atoms with E-state index >= 15 is 0 Å². The number of benzene rings is 1. The van der Waals surface area contributed by atoms with Crippen LogP contribution in [0.25, 0.3) is 10.9 Å². The van der Waals surface area contributed by atoms with Crippen LogP contribution in [0.5, 0.6) is 5.88 Å². The molecule has 0 aliphatic heterocycles. The number of carbonyl (C=O) groups is 1. The minimum absolute atomic E-state index is 0.0895. The molecule has 4 nitrogen and oxygen atoms in total. The molecule has 66 valence electrons. The Morgan fingerprint density at radius 2 is 2.15 bits per heavy atom. The maximum absolute atomic E-state index is 10.1. The van der Waals surface area contributed by atoms with Gasteiger partial charge in [-0.15, -0.1) is 4.73 Å². The molecule has 1 aromatic carbocycles. The number of carbonyl (C=O) groups excluding carboxylic acids is 1. The fourth-order valence-corrected chi connectivity index (χ4v) is 1.27. The van der Waals surface area contributed by atoms with Crippen molar-refractivity contribution in [2.24, 2.45) is 0 Å². The van der Waals surface area contributed by atoms with Crippen LogP contribution in [-0.2, 0) is 4.79 Å². The zero-order valence-electron chi connectivity index (χ0n) is 6.68. The van der Waals surface area contributed by atoms with Gasteiger partial charge < -0.3 is 9.94 Å². The van der Waals surface area contributed by atoms with Crippen LogP contribution in [0.15, 0.2) is 30.3 Å². The first kappa shape index (κ1) is 7.67. The first-order chi connectivity index (χ1) is 6.33. The summed E-state index contributed by atoms with van der Waals surface area (Å²) in [7, 11) is 0. The number of aromatic nitrogens is 1. The summed E-state index contributed by atoms with van der Waals surface area (Å²) >= 11 is 0. The maximum atomic E-state index is 10.1. The molecular formula is C9H7NO3. The molecule has 0 bridgehead atoms. The van der Waals surface area contributed by atoms with Crippen LogP contribution >= 0.6 is 0 Å². The Morgan fingerprint density at radius 1 is 1.38 bits per heavy atom. The van der Waals surface area contributed by atoms with Gasteiger partial charge in [-0.05, 0) is 6.07 Å². The van der Waals surface area contributed by atoms with Crippen LogP contribution in [0.4, 0.5) is 0 Å². The average molecular weight is 177 g/mol. The van der Waals surface area contributed by atoms with Crippen LogP contribution < -0.4 is 4.84 Å². The topological polar surface area (TPSA) is 51.5 Å². The van der Waals surface area contributed by atoms with Gasteiger partial charge in [0.25, 0.3) is 0 Å². The highest BCUT2D eigenvalue weighted by Crippen LogP contribution is 2.22. The van der Waals surface area contributed by atoms with E-state index in [1.54, 1.807) is 12.1 Å². The normalized spacial score (nSPS) is 10.2. The zero-order chi connectivity index (χ0) is 9.26. The summed E-state index contributed by atoms with van der Waals surface area (Å²) in [5.74, 6) is -0.0895. The second kappa shape index (κ2) is 2.82. The Labute approximate surface area is 73.9 Å². The fraction of sp³-hybridized carbons (Fsp3) is 0. The molecule has 4 heteroatoms. The van der Waals surface area contributed by atoms with E-state index in [1.807, 2.05) is 12.1 Å². The molecule has 0 unspecified atom stereocenters. The highest BCUT2D eigenvalue weighted by atomic mass is 16.7. The number of aromatic hydroxyl groups is 1. The molecule has 1 aromatic heterocycles. The van der Waals surface area contributed by atoms with Crippen molar-refractivity contribution in [2.75, 3.05) is 0 Å². The molecule has 0 aliphatic carbocycles. The highest BCUT2D eigenvalue weighted by molar-refractivity contribution is 5.82. The second-order valence-corrected chi connectivity index (χ2v) is 2.56. The lowest BCUT2D eigenvalue weighted by Crippen LogP contribution is -2.07. The van der Waals surface area contributed by atoms with Gasteiger partial charge in [-0.1, -0.05) is 18.2 Å². The van der Waals surface area contributed by atoms with Crippen LogP contribution in [0, 0.1) is 0 Å². The van der Waals surface area contributed by atoms with Crippen LogP contribution in [-0.4, -0.2) is 16.3 Å². The Balaban J connectivity index is 2.70. The van der Waals surface area contributed by atoms with E-state index in [2.05, 4.69) is 4.84 Å². The molecule has 2 rings (SSSR count). The highest BCUT2D eigenvalue weighted by Gasteiger charge is 2.06. The van der Waals surface area contributed by atoms with Gasteiger partial charge >= 0.3 is 6.47 Å². The van der Waals surface area contributed by atoms with Crippen molar-refractivity contribution in [3.63, 3.8) is 0 Å². The molecule has 0 fully saturated rings. The minimum Gasteiger partial charge on any atom is -0.492 e. The van der Waals surface area contributed by atoms with Gasteiger partial charge in [0.1, 0.15) is 0 Å². The summed E-state index contributed by atoms with van der Waals surface area (Å²) in [5.41, 5.74) is 0.659. The van der Waals surface area contributed by atoms with Crippen molar-refractivity contribution >= 4 is 17.4 Å². The Morgan fingerprint density at radius 3 is 2.92 bits per heavy atom. The lowest BCUT2D eigenvalue weighted by molar-refractivity contribution is -0.129. The quantitative estimate of drug-likeness (QED) is 0.694. The lowest BCUT2D eigenvalue weighted by Gasteiger charge is -2.00. The standard InChI is InChI=1S/C9H7NO3/c11-6-13-10-8-4-2-1-3-7(8)5-9(10)12/h1-6,12H. The van der Waals surface area contributed by atoms with Gasteiger partial charge in [0.15, 0.2) is 0 Å². The zero-order valence-corrected chi connectivity index (χ0v) is 6.68. The van der Waals surface area contributed by atoms with Crippen molar-refractivity contribution in [3.8, 4) is 5.88 Å². The molecular weight excluding hydrogens is 170 g/mol. The van der Waals surface area contributed by atoms with E-state index in [9.17, 15) is 9.90 Å². The van der Waals surface area contributed by atoms with E-state index in [0.717, 1.165) is 10.1 Å². The minimum atomic E-state index is -0.0895. The number of rotatable bonds is 2. The number of nitrogens with zero attached hydrogens (tertiary/aromatic N) is 1. The van der Waals surface area contributed by atoms with E-state index in [0.29, 0.717) is 5.52 Å². The first-order valence-electron chi connectivity index (χ1n) is 3.73. The van der Waals surface area contributed by atoms with Gasteiger partial charge in [-0.25, -0.2) is 0 Å². The number of hydrogen-bond donors (Lipinski definition) is 1. The molecule has 13 heavy (non-hydrogen) atoms. The maximum Gasteiger partial charge on any atom is 0.321 e. The van der Waals surface area contributed by atoms with Gasteiger partial charge in [-0.3, -0.25) is 4.79 Å². The van der Waals surface area contributed by atoms with Crippen molar-refractivity contribution in [1.29, 1.82) is 0 Å². The summed E-state index contributed by atoms with van der Waals surface area (Å²) in [6, 6.07) is 8.73. The monoisotopic (exact) mass is 177 g/mol. The third kappa shape index (κ3) is 1.12. The van der Waals surface area contributed by atoms with E-state index in [4.69, 9.17) is 0 Å². The van der Waals surface area contributed by atoms with Gasteiger partial charge in [0, 0.05) is 11.5 Å². The van der Waals surface area contributed by atoms with Crippen molar-refractivity contribution in [1.82, 2.24) is 4.73 Å².